The van der Waals surface area contributed by atoms with Gasteiger partial charge in [-0.1, -0.05) is 0 Å². The van der Waals surface area contributed by atoms with E-state index in [1.54, 1.807) is 35.4 Å². The number of hydrogen-bond donors (Lipinski definition) is 2. The number of benzene rings is 2. The number of aromatic nitrogens is 3. The zero-order valence-electron chi connectivity index (χ0n) is 14.9. The van der Waals surface area contributed by atoms with E-state index in [1.807, 2.05) is 36.0 Å². The first-order valence-corrected chi connectivity index (χ1v) is 8.41. The molecule has 0 fully saturated rings. The van der Waals surface area contributed by atoms with Crippen LogP contribution in [0.15, 0.2) is 67.4 Å². The van der Waals surface area contributed by atoms with Crippen molar-refractivity contribution in [2.24, 2.45) is 7.05 Å². The number of imidazole rings is 1. The molecule has 9 heteroatoms. The van der Waals surface area contributed by atoms with Gasteiger partial charge in [0, 0.05) is 54.0 Å². The predicted octanol–water partition coefficient (Wildman–Crippen LogP) is 3.92. The first-order chi connectivity index (χ1) is 13.5. The Balaban J connectivity index is 1.58. The van der Waals surface area contributed by atoms with Gasteiger partial charge in [0.1, 0.15) is 5.69 Å². The van der Waals surface area contributed by atoms with Gasteiger partial charge in [-0.2, -0.15) is 0 Å². The van der Waals surface area contributed by atoms with E-state index in [0.717, 1.165) is 10.9 Å². The van der Waals surface area contributed by atoms with E-state index in [4.69, 9.17) is 0 Å². The molecule has 0 atom stereocenters. The Labute approximate surface area is 159 Å². The first kappa shape index (κ1) is 17.3. The number of amides is 2. The fourth-order valence-electron chi connectivity index (χ4n) is 3.00. The van der Waals surface area contributed by atoms with Crippen molar-refractivity contribution >= 4 is 34.0 Å². The van der Waals surface area contributed by atoms with Crippen LogP contribution in [0.2, 0.25) is 0 Å². The van der Waals surface area contributed by atoms with E-state index >= 15 is 0 Å². The number of aryl methyl sites for hydroxylation is 1. The van der Waals surface area contributed by atoms with E-state index in [0.29, 0.717) is 11.4 Å². The molecule has 0 unspecified atom stereocenters. The number of nitro benzene ring substituents is 1. The lowest BCUT2D eigenvalue weighted by molar-refractivity contribution is -0.383. The summed E-state index contributed by atoms with van der Waals surface area (Å²) in [5.41, 5.74) is 2.16. The molecule has 4 aromatic rings. The highest BCUT2D eigenvalue weighted by Crippen LogP contribution is 2.27. The van der Waals surface area contributed by atoms with Gasteiger partial charge in [-0.15, -0.1) is 0 Å². The second-order valence-corrected chi connectivity index (χ2v) is 6.21. The molecule has 9 nitrogen and oxygen atoms in total. The minimum Gasteiger partial charge on any atom is -0.351 e. The number of rotatable bonds is 4. The van der Waals surface area contributed by atoms with Crippen LogP contribution in [-0.2, 0) is 7.05 Å². The number of urea groups is 1. The van der Waals surface area contributed by atoms with Crippen molar-refractivity contribution in [1.29, 1.82) is 0 Å². The summed E-state index contributed by atoms with van der Waals surface area (Å²) < 4.78 is 3.67. The minimum absolute atomic E-state index is 0.0921. The Morgan fingerprint density at radius 3 is 2.71 bits per heavy atom. The number of nitrogens with one attached hydrogen (secondary N) is 2. The average Bonchev–Trinajstić information content (AvgIpc) is 3.32. The number of nitro groups is 1. The molecule has 2 aromatic heterocycles. The van der Waals surface area contributed by atoms with Gasteiger partial charge in [0.15, 0.2) is 0 Å². The summed E-state index contributed by atoms with van der Waals surface area (Å²) in [6, 6.07) is 11.3. The fraction of sp³-hybridized carbons (Fsp3) is 0.0526. The second-order valence-electron chi connectivity index (χ2n) is 6.21. The molecule has 4 rings (SSSR count). The highest BCUT2D eigenvalue weighted by molar-refractivity contribution is 6.02. The molecule has 2 heterocycles. The summed E-state index contributed by atoms with van der Waals surface area (Å²) in [4.78, 5) is 27.2. The van der Waals surface area contributed by atoms with Gasteiger partial charge < -0.3 is 19.8 Å². The molecule has 0 saturated heterocycles. The molecule has 2 aromatic carbocycles. The van der Waals surface area contributed by atoms with E-state index in [9.17, 15) is 14.9 Å². The number of fused-ring (bicyclic) bond motifs is 1. The highest BCUT2D eigenvalue weighted by Gasteiger charge is 2.17. The molecule has 0 aliphatic heterocycles. The van der Waals surface area contributed by atoms with Gasteiger partial charge in [0.2, 0.25) is 0 Å². The zero-order chi connectivity index (χ0) is 19.7. The number of hydrogen-bond acceptors (Lipinski definition) is 4. The molecule has 28 heavy (non-hydrogen) atoms. The molecule has 140 valence electrons. The van der Waals surface area contributed by atoms with Crippen LogP contribution >= 0.6 is 0 Å². The lowest BCUT2D eigenvalue weighted by Crippen LogP contribution is -2.20. The summed E-state index contributed by atoms with van der Waals surface area (Å²) in [5.74, 6) is 0. The maximum atomic E-state index is 12.4. The van der Waals surface area contributed by atoms with Crippen molar-refractivity contribution in [3.63, 3.8) is 0 Å². The third-order valence-electron chi connectivity index (χ3n) is 4.37. The van der Waals surface area contributed by atoms with E-state index < -0.39 is 11.0 Å². The van der Waals surface area contributed by atoms with Crippen LogP contribution in [0.1, 0.15) is 0 Å². The molecule has 0 saturated carbocycles. The molecular weight excluding hydrogens is 360 g/mol. The largest absolute Gasteiger partial charge is 0.351 e. The molecule has 0 radical (unpaired) electrons. The van der Waals surface area contributed by atoms with Gasteiger partial charge in [-0.05, 0) is 36.4 Å². The summed E-state index contributed by atoms with van der Waals surface area (Å²) in [6.45, 7) is 0. The van der Waals surface area contributed by atoms with Crippen molar-refractivity contribution in [3.8, 4) is 5.69 Å². The van der Waals surface area contributed by atoms with E-state index in [1.165, 1.54) is 12.1 Å². The van der Waals surface area contributed by atoms with Crippen LogP contribution in [0.25, 0.3) is 16.6 Å². The number of carbonyl (C=O) groups excluding carboxylic acids is 1. The van der Waals surface area contributed by atoms with Crippen LogP contribution in [0.3, 0.4) is 0 Å². The van der Waals surface area contributed by atoms with Gasteiger partial charge >= 0.3 is 6.03 Å². The highest BCUT2D eigenvalue weighted by atomic mass is 16.6. The Morgan fingerprint density at radius 1 is 1.11 bits per heavy atom. The van der Waals surface area contributed by atoms with Crippen molar-refractivity contribution in [3.05, 3.63) is 77.5 Å². The summed E-state index contributed by atoms with van der Waals surface area (Å²) in [6.07, 6.45) is 6.81. The molecular formula is C19H16N6O3. The van der Waals surface area contributed by atoms with Gasteiger partial charge in [-0.25, -0.2) is 9.78 Å². The molecule has 0 spiro atoms. The van der Waals surface area contributed by atoms with Crippen LogP contribution in [0.5, 0.6) is 0 Å². The Hall–Kier alpha value is -4.14. The molecule has 2 N–H and O–H groups in total. The topological polar surface area (TPSA) is 107 Å². The standard InChI is InChI=1S/C19H16N6O3/c1-23-8-6-13-10-14(2-4-17(13)23)21-19(26)22-16-11-15(24-9-7-20-12-24)3-5-18(16)25(27)28/h2-12H,1H3,(H2,21,22,26). The molecule has 0 aliphatic rings. The van der Waals surface area contributed by atoms with Gasteiger partial charge in [-0.3, -0.25) is 10.1 Å². The fourth-order valence-corrected chi connectivity index (χ4v) is 3.00. The minimum atomic E-state index is -0.568. The smallest absolute Gasteiger partial charge is 0.323 e. The third-order valence-corrected chi connectivity index (χ3v) is 4.37. The molecule has 2 amide bonds. The van der Waals surface area contributed by atoms with Crippen molar-refractivity contribution < 1.29 is 9.72 Å². The molecule has 0 bridgehead atoms. The Morgan fingerprint density at radius 2 is 1.96 bits per heavy atom. The summed E-state index contributed by atoms with van der Waals surface area (Å²) >= 11 is 0. The van der Waals surface area contributed by atoms with Gasteiger partial charge in [0.25, 0.3) is 5.69 Å². The van der Waals surface area contributed by atoms with E-state index in [2.05, 4.69) is 15.6 Å². The summed E-state index contributed by atoms with van der Waals surface area (Å²) in [5, 5.41) is 17.6. The van der Waals surface area contributed by atoms with Gasteiger partial charge in [0.05, 0.1) is 11.3 Å². The van der Waals surface area contributed by atoms with Crippen molar-refractivity contribution in [1.82, 2.24) is 14.1 Å². The van der Waals surface area contributed by atoms with Crippen LogP contribution in [-0.4, -0.2) is 25.1 Å². The number of anilines is 2. The Kier molecular flexibility index (Phi) is 4.24. The quantitative estimate of drug-likeness (QED) is 0.416. The maximum absolute atomic E-state index is 12.4. The lowest BCUT2D eigenvalue weighted by atomic mass is 10.2. The van der Waals surface area contributed by atoms with Crippen LogP contribution in [0, 0.1) is 10.1 Å². The number of carbonyl (C=O) groups is 1. The van der Waals surface area contributed by atoms with E-state index in [-0.39, 0.29) is 11.4 Å². The lowest BCUT2D eigenvalue weighted by Gasteiger charge is -2.10. The van der Waals surface area contributed by atoms with Crippen molar-refractivity contribution in [2.75, 3.05) is 10.6 Å². The average molecular weight is 376 g/mol. The second kappa shape index (κ2) is 6.88. The summed E-state index contributed by atoms with van der Waals surface area (Å²) in [7, 11) is 1.94. The SMILES string of the molecule is Cn1ccc2cc(NC(=O)Nc3cc(-n4ccnc4)ccc3[N+](=O)[O-])ccc21. The van der Waals surface area contributed by atoms with Crippen LogP contribution in [0.4, 0.5) is 21.9 Å². The number of nitrogens with zero attached hydrogens (tertiary/aromatic N) is 4. The predicted molar refractivity (Wildman–Crippen MR) is 106 cm³/mol. The zero-order valence-corrected chi connectivity index (χ0v) is 14.9. The Bertz CT molecular complexity index is 1180. The first-order valence-electron chi connectivity index (χ1n) is 8.41. The maximum Gasteiger partial charge on any atom is 0.323 e. The molecule has 0 aliphatic carbocycles. The third kappa shape index (κ3) is 3.28. The van der Waals surface area contributed by atoms with Crippen molar-refractivity contribution in [2.45, 2.75) is 0 Å². The normalized spacial score (nSPS) is 10.8. The van der Waals surface area contributed by atoms with Crippen LogP contribution < -0.4 is 10.6 Å². The monoisotopic (exact) mass is 376 g/mol.